The van der Waals surface area contributed by atoms with Crippen molar-refractivity contribution in [2.75, 3.05) is 38.8 Å². The van der Waals surface area contributed by atoms with Crippen molar-refractivity contribution in [1.29, 1.82) is 0 Å². The number of rotatable bonds is 7. The van der Waals surface area contributed by atoms with E-state index in [1.165, 1.54) is 24.9 Å². The van der Waals surface area contributed by atoms with Gasteiger partial charge in [0.1, 0.15) is 0 Å². The fraction of sp³-hybridized carbons (Fsp3) is 0.476. The highest BCUT2D eigenvalue weighted by Crippen LogP contribution is 2.28. The van der Waals surface area contributed by atoms with E-state index >= 15 is 0 Å². The topological polar surface area (TPSA) is 43.8 Å². The average molecular weight is 356 g/mol. The van der Waals surface area contributed by atoms with Crippen molar-refractivity contribution >= 4 is 5.69 Å². The molecular weight excluding hydrogens is 328 g/mol. The number of ether oxygens (including phenoxy) is 3. The summed E-state index contributed by atoms with van der Waals surface area (Å²) in [5.41, 5.74) is 3.36. The van der Waals surface area contributed by atoms with Crippen LogP contribution in [0.3, 0.4) is 0 Å². The van der Waals surface area contributed by atoms with Gasteiger partial charge in [-0.15, -0.1) is 0 Å². The van der Waals surface area contributed by atoms with Crippen LogP contribution in [0.4, 0.5) is 5.69 Å². The van der Waals surface area contributed by atoms with E-state index in [0.717, 1.165) is 42.3 Å². The smallest absolute Gasteiger partial charge is 0.215 e. The van der Waals surface area contributed by atoms with Crippen molar-refractivity contribution < 1.29 is 14.2 Å². The Hall–Kier alpha value is -2.43. The fourth-order valence-corrected chi connectivity index (χ4v) is 3.34. The summed E-state index contributed by atoms with van der Waals surface area (Å²) >= 11 is 0. The fourth-order valence-electron chi connectivity index (χ4n) is 3.34. The summed E-state index contributed by atoms with van der Waals surface area (Å²) in [4.78, 5) is 6.96. The van der Waals surface area contributed by atoms with Gasteiger partial charge in [-0.2, -0.15) is 0 Å². The molecular formula is C21H28N2O3. The SMILES string of the molecule is COc1ccc(CCOc2cc(N3CCCCC3)cc(C)n2)cc1OC. The van der Waals surface area contributed by atoms with E-state index in [9.17, 15) is 0 Å². The van der Waals surface area contributed by atoms with Crippen LogP contribution in [0, 0.1) is 6.92 Å². The molecule has 26 heavy (non-hydrogen) atoms. The molecule has 0 saturated carbocycles. The Kier molecular flexibility index (Phi) is 6.21. The van der Waals surface area contributed by atoms with Gasteiger partial charge in [-0.05, 0) is 49.9 Å². The van der Waals surface area contributed by atoms with Crippen LogP contribution in [0.2, 0.25) is 0 Å². The van der Waals surface area contributed by atoms with Crippen LogP contribution in [-0.2, 0) is 6.42 Å². The molecule has 1 aliphatic heterocycles. The molecule has 140 valence electrons. The maximum absolute atomic E-state index is 5.94. The Balaban J connectivity index is 1.62. The second kappa shape index (κ2) is 8.79. The van der Waals surface area contributed by atoms with Gasteiger partial charge in [0.2, 0.25) is 5.88 Å². The summed E-state index contributed by atoms with van der Waals surface area (Å²) < 4.78 is 16.6. The maximum atomic E-state index is 5.94. The van der Waals surface area contributed by atoms with Gasteiger partial charge in [0, 0.05) is 37.0 Å². The third-order valence-electron chi connectivity index (χ3n) is 4.72. The van der Waals surface area contributed by atoms with Crippen molar-refractivity contribution in [1.82, 2.24) is 4.98 Å². The number of nitrogens with zero attached hydrogens (tertiary/aromatic N) is 2. The molecule has 0 unspecified atom stereocenters. The molecule has 0 atom stereocenters. The quantitative estimate of drug-likeness (QED) is 0.750. The second-order valence-corrected chi connectivity index (χ2v) is 6.64. The summed E-state index contributed by atoms with van der Waals surface area (Å²) in [6, 6.07) is 10.2. The largest absolute Gasteiger partial charge is 0.493 e. The minimum absolute atomic E-state index is 0.575. The van der Waals surface area contributed by atoms with E-state index in [0.29, 0.717) is 12.5 Å². The summed E-state index contributed by atoms with van der Waals surface area (Å²) in [5.74, 6) is 2.18. The summed E-state index contributed by atoms with van der Waals surface area (Å²) in [6.07, 6.45) is 4.64. The molecule has 5 heteroatoms. The summed E-state index contributed by atoms with van der Waals surface area (Å²) in [7, 11) is 3.29. The molecule has 0 radical (unpaired) electrons. The molecule has 1 aliphatic rings. The minimum atomic E-state index is 0.575. The lowest BCUT2D eigenvalue weighted by Crippen LogP contribution is -2.29. The predicted molar refractivity (Wildman–Crippen MR) is 104 cm³/mol. The highest BCUT2D eigenvalue weighted by atomic mass is 16.5. The van der Waals surface area contributed by atoms with E-state index < -0.39 is 0 Å². The Morgan fingerprint density at radius 2 is 1.73 bits per heavy atom. The van der Waals surface area contributed by atoms with Crippen molar-refractivity contribution in [2.45, 2.75) is 32.6 Å². The van der Waals surface area contributed by atoms with E-state index in [2.05, 4.69) is 22.0 Å². The molecule has 0 spiro atoms. The van der Waals surface area contributed by atoms with Crippen molar-refractivity contribution in [3.63, 3.8) is 0 Å². The Bertz CT molecular complexity index is 727. The van der Waals surface area contributed by atoms with Gasteiger partial charge in [-0.3, -0.25) is 0 Å². The average Bonchev–Trinajstić information content (AvgIpc) is 2.68. The normalized spacial score (nSPS) is 14.2. The van der Waals surface area contributed by atoms with Gasteiger partial charge in [-0.1, -0.05) is 6.07 Å². The lowest BCUT2D eigenvalue weighted by molar-refractivity contribution is 0.308. The third kappa shape index (κ3) is 4.59. The van der Waals surface area contributed by atoms with Crippen LogP contribution in [-0.4, -0.2) is 38.9 Å². The van der Waals surface area contributed by atoms with Crippen molar-refractivity contribution in [3.8, 4) is 17.4 Å². The van der Waals surface area contributed by atoms with Crippen LogP contribution < -0.4 is 19.1 Å². The number of anilines is 1. The van der Waals surface area contributed by atoms with Crippen LogP contribution in [0.25, 0.3) is 0 Å². The third-order valence-corrected chi connectivity index (χ3v) is 4.72. The lowest BCUT2D eigenvalue weighted by atomic mass is 10.1. The predicted octanol–water partition coefficient (Wildman–Crippen LogP) is 4.02. The van der Waals surface area contributed by atoms with E-state index in [1.54, 1.807) is 14.2 Å². The number of pyridine rings is 1. The van der Waals surface area contributed by atoms with Crippen LogP contribution in [0.1, 0.15) is 30.5 Å². The van der Waals surface area contributed by atoms with Gasteiger partial charge in [0.25, 0.3) is 0 Å². The first-order chi connectivity index (χ1) is 12.7. The number of aromatic nitrogens is 1. The van der Waals surface area contributed by atoms with Crippen molar-refractivity contribution in [2.24, 2.45) is 0 Å². The lowest BCUT2D eigenvalue weighted by Gasteiger charge is -2.29. The van der Waals surface area contributed by atoms with Gasteiger partial charge in [0.05, 0.1) is 20.8 Å². The first-order valence-electron chi connectivity index (χ1n) is 9.27. The Morgan fingerprint density at radius 1 is 0.962 bits per heavy atom. The van der Waals surface area contributed by atoms with Gasteiger partial charge in [0.15, 0.2) is 11.5 Å². The molecule has 0 bridgehead atoms. The molecule has 0 amide bonds. The first-order valence-corrected chi connectivity index (χ1v) is 9.27. The van der Waals surface area contributed by atoms with E-state index in [-0.39, 0.29) is 0 Å². The molecule has 2 aromatic rings. The highest BCUT2D eigenvalue weighted by Gasteiger charge is 2.13. The number of benzene rings is 1. The molecule has 0 N–H and O–H groups in total. The molecule has 2 heterocycles. The number of hydrogen-bond acceptors (Lipinski definition) is 5. The standard InChI is InChI=1S/C21H28N2O3/c1-16-13-18(23-10-5-4-6-11-23)15-21(22-16)26-12-9-17-7-8-19(24-2)20(14-17)25-3/h7-8,13-15H,4-6,9-12H2,1-3H3. The van der Waals surface area contributed by atoms with Crippen LogP contribution in [0.15, 0.2) is 30.3 Å². The van der Waals surface area contributed by atoms with Crippen LogP contribution >= 0.6 is 0 Å². The summed E-state index contributed by atoms with van der Waals surface area (Å²) in [6.45, 7) is 4.84. The number of methoxy groups -OCH3 is 2. The maximum Gasteiger partial charge on any atom is 0.215 e. The molecule has 1 aromatic heterocycles. The molecule has 0 aliphatic carbocycles. The monoisotopic (exact) mass is 356 g/mol. The Morgan fingerprint density at radius 3 is 2.46 bits per heavy atom. The van der Waals surface area contributed by atoms with Crippen LogP contribution in [0.5, 0.6) is 17.4 Å². The molecule has 3 rings (SSSR count). The first kappa shape index (κ1) is 18.4. The molecule has 1 saturated heterocycles. The van der Waals surface area contributed by atoms with Gasteiger partial charge >= 0.3 is 0 Å². The highest BCUT2D eigenvalue weighted by molar-refractivity contribution is 5.50. The minimum Gasteiger partial charge on any atom is -0.493 e. The zero-order valence-electron chi connectivity index (χ0n) is 16.0. The Labute approximate surface area is 155 Å². The zero-order chi connectivity index (χ0) is 18.4. The van der Waals surface area contributed by atoms with E-state index in [1.807, 2.05) is 25.1 Å². The summed E-state index contributed by atoms with van der Waals surface area (Å²) in [5, 5.41) is 0. The second-order valence-electron chi connectivity index (χ2n) is 6.64. The van der Waals surface area contributed by atoms with Gasteiger partial charge in [-0.25, -0.2) is 4.98 Å². The molecule has 1 fully saturated rings. The van der Waals surface area contributed by atoms with E-state index in [4.69, 9.17) is 14.2 Å². The van der Waals surface area contributed by atoms with Crippen molar-refractivity contribution in [3.05, 3.63) is 41.6 Å². The zero-order valence-corrected chi connectivity index (χ0v) is 16.0. The van der Waals surface area contributed by atoms with Gasteiger partial charge < -0.3 is 19.1 Å². The number of piperidine rings is 1. The number of hydrogen-bond donors (Lipinski definition) is 0. The molecule has 1 aromatic carbocycles. The molecule has 5 nitrogen and oxygen atoms in total. The number of aryl methyl sites for hydroxylation is 1.